The average Bonchev–Trinajstić information content (AvgIpc) is 2.46. The van der Waals surface area contributed by atoms with Gasteiger partial charge >= 0.3 is 5.97 Å². The summed E-state index contributed by atoms with van der Waals surface area (Å²) in [6.45, 7) is 7.72. The molecule has 100 valence electrons. The third-order valence-electron chi connectivity index (χ3n) is 4.54. The lowest BCUT2D eigenvalue weighted by Gasteiger charge is -2.22. The Labute approximate surface area is 109 Å². The van der Waals surface area contributed by atoms with E-state index in [1.54, 1.807) is 6.92 Å². The van der Waals surface area contributed by atoms with Gasteiger partial charge in [0.2, 0.25) is 0 Å². The molecular formula is C15H22O3. The molecule has 2 aliphatic rings. The Morgan fingerprint density at radius 1 is 1.44 bits per heavy atom. The molecule has 1 aliphatic heterocycles. The molecule has 1 heterocycles. The summed E-state index contributed by atoms with van der Waals surface area (Å²) < 4.78 is 5.40. The number of carbonyl (C=O) groups is 2. The van der Waals surface area contributed by atoms with Crippen LogP contribution in [0.25, 0.3) is 0 Å². The van der Waals surface area contributed by atoms with Crippen molar-refractivity contribution in [2.75, 3.05) is 0 Å². The third kappa shape index (κ3) is 2.65. The van der Waals surface area contributed by atoms with Crippen LogP contribution in [0.2, 0.25) is 0 Å². The zero-order valence-corrected chi connectivity index (χ0v) is 11.3. The van der Waals surface area contributed by atoms with Crippen LogP contribution in [0.4, 0.5) is 0 Å². The van der Waals surface area contributed by atoms with Crippen LogP contribution in [0.3, 0.4) is 0 Å². The Bertz CT molecular complexity index is 372. The minimum absolute atomic E-state index is 0.0299. The fourth-order valence-electron chi connectivity index (χ4n) is 3.30. The van der Waals surface area contributed by atoms with Crippen LogP contribution in [0.5, 0.6) is 0 Å². The van der Waals surface area contributed by atoms with E-state index >= 15 is 0 Å². The van der Waals surface area contributed by atoms with Gasteiger partial charge in [0.15, 0.2) is 0 Å². The molecule has 18 heavy (non-hydrogen) atoms. The Morgan fingerprint density at radius 3 is 2.83 bits per heavy atom. The van der Waals surface area contributed by atoms with Crippen molar-refractivity contribution in [2.24, 2.45) is 17.8 Å². The molecule has 0 bridgehead atoms. The zero-order valence-electron chi connectivity index (χ0n) is 11.3. The van der Waals surface area contributed by atoms with Crippen molar-refractivity contribution in [2.45, 2.75) is 52.1 Å². The first-order valence-corrected chi connectivity index (χ1v) is 6.88. The maximum Gasteiger partial charge on any atom is 0.334 e. The number of ether oxygens (including phenoxy) is 1. The van der Waals surface area contributed by atoms with E-state index in [0.29, 0.717) is 23.8 Å². The van der Waals surface area contributed by atoms with Crippen LogP contribution in [0.1, 0.15) is 46.0 Å². The second-order valence-electron chi connectivity index (χ2n) is 5.87. The predicted molar refractivity (Wildman–Crippen MR) is 68.9 cm³/mol. The summed E-state index contributed by atoms with van der Waals surface area (Å²) in [7, 11) is 0. The molecule has 2 rings (SSSR count). The van der Waals surface area contributed by atoms with Gasteiger partial charge in [-0.05, 0) is 44.4 Å². The monoisotopic (exact) mass is 250 g/mol. The highest BCUT2D eigenvalue weighted by atomic mass is 16.6. The van der Waals surface area contributed by atoms with Gasteiger partial charge in [0.25, 0.3) is 0 Å². The van der Waals surface area contributed by atoms with Crippen LogP contribution in [0.15, 0.2) is 12.2 Å². The standard InChI is InChI=1S/C15H22O3/c1-9-8-14-13(11(3)15(17)18-14)7-6-12(9)5-4-10(2)16/h9,12-14H,3-8H2,1-2H3. The van der Waals surface area contributed by atoms with E-state index < -0.39 is 0 Å². The molecule has 0 aromatic rings. The molecule has 4 atom stereocenters. The summed E-state index contributed by atoms with van der Waals surface area (Å²) in [6.07, 6.45) is 4.63. The van der Waals surface area contributed by atoms with Crippen LogP contribution in [-0.2, 0) is 14.3 Å². The van der Waals surface area contributed by atoms with Crippen molar-refractivity contribution in [3.8, 4) is 0 Å². The van der Waals surface area contributed by atoms with Crippen LogP contribution >= 0.6 is 0 Å². The highest BCUT2D eigenvalue weighted by Gasteiger charge is 2.42. The maximum absolute atomic E-state index is 11.5. The smallest absolute Gasteiger partial charge is 0.334 e. The van der Waals surface area contributed by atoms with Gasteiger partial charge in [-0.15, -0.1) is 0 Å². The van der Waals surface area contributed by atoms with Gasteiger partial charge in [-0.25, -0.2) is 4.79 Å². The van der Waals surface area contributed by atoms with E-state index in [4.69, 9.17) is 4.74 Å². The van der Waals surface area contributed by atoms with E-state index in [2.05, 4.69) is 13.5 Å². The molecule has 3 heteroatoms. The fourth-order valence-corrected chi connectivity index (χ4v) is 3.30. The van der Waals surface area contributed by atoms with E-state index in [1.165, 1.54) is 0 Å². The topological polar surface area (TPSA) is 43.4 Å². The summed E-state index contributed by atoms with van der Waals surface area (Å²) >= 11 is 0. The maximum atomic E-state index is 11.5. The average molecular weight is 250 g/mol. The molecule has 0 amide bonds. The summed E-state index contributed by atoms with van der Waals surface area (Å²) in [5, 5.41) is 0. The van der Waals surface area contributed by atoms with Crippen molar-refractivity contribution in [1.82, 2.24) is 0 Å². The second kappa shape index (κ2) is 5.25. The van der Waals surface area contributed by atoms with Gasteiger partial charge in [-0.1, -0.05) is 13.5 Å². The van der Waals surface area contributed by atoms with Gasteiger partial charge < -0.3 is 9.53 Å². The minimum atomic E-state index is -0.209. The first kappa shape index (κ1) is 13.3. The van der Waals surface area contributed by atoms with Crippen LogP contribution in [-0.4, -0.2) is 17.9 Å². The Kier molecular flexibility index (Phi) is 3.88. The van der Waals surface area contributed by atoms with E-state index in [1.807, 2.05) is 0 Å². The number of carbonyl (C=O) groups excluding carboxylic acids is 2. The third-order valence-corrected chi connectivity index (χ3v) is 4.54. The molecule has 0 aromatic carbocycles. The van der Waals surface area contributed by atoms with Crippen molar-refractivity contribution in [1.29, 1.82) is 0 Å². The molecule has 0 radical (unpaired) electrons. The number of hydrogen-bond acceptors (Lipinski definition) is 3. The minimum Gasteiger partial charge on any atom is -0.458 e. The Balaban J connectivity index is 1.99. The van der Waals surface area contributed by atoms with Gasteiger partial charge in [0.05, 0.1) is 0 Å². The summed E-state index contributed by atoms with van der Waals surface area (Å²) in [4.78, 5) is 22.6. The number of rotatable bonds is 3. The van der Waals surface area contributed by atoms with Gasteiger partial charge in [-0.2, -0.15) is 0 Å². The molecule has 0 spiro atoms. The first-order chi connectivity index (χ1) is 8.49. The van der Waals surface area contributed by atoms with Crippen molar-refractivity contribution >= 4 is 11.8 Å². The summed E-state index contributed by atoms with van der Waals surface area (Å²) in [6, 6.07) is 0. The number of fused-ring (bicyclic) bond motifs is 1. The molecular weight excluding hydrogens is 228 g/mol. The SMILES string of the molecule is C=C1C(=O)OC2CC(C)C(CCC(C)=O)CCC12. The van der Waals surface area contributed by atoms with Crippen molar-refractivity contribution in [3.05, 3.63) is 12.2 Å². The molecule has 1 aliphatic carbocycles. The largest absolute Gasteiger partial charge is 0.458 e. The first-order valence-electron chi connectivity index (χ1n) is 6.88. The predicted octanol–water partition coefficient (Wildman–Crippen LogP) is 2.89. The second-order valence-corrected chi connectivity index (χ2v) is 5.87. The Morgan fingerprint density at radius 2 is 2.17 bits per heavy atom. The van der Waals surface area contributed by atoms with E-state index in [-0.39, 0.29) is 23.8 Å². The molecule has 3 nitrogen and oxygen atoms in total. The summed E-state index contributed by atoms with van der Waals surface area (Å²) in [5.74, 6) is 1.35. The number of esters is 1. The lowest BCUT2D eigenvalue weighted by molar-refractivity contribution is -0.139. The molecule has 1 saturated heterocycles. The lowest BCUT2D eigenvalue weighted by Crippen LogP contribution is -2.18. The van der Waals surface area contributed by atoms with Gasteiger partial charge in [-0.3, -0.25) is 0 Å². The molecule has 0 N–H and O–H groups in total. The van der Waals surface area contributed by atoms with Crippen molar-refractivity contribution in [3.63, 3.8) is 0 Å². The fraction of sp³-hybridized carbons (Fsp3) is 0.733. The molecule has 0 aromatic heterocycles. The van der Waals surface area contributed by atoms with Crippen LogP contribution in [0, 0.1) is 17.8 Å². The molecule has 2 fully saturated rings. The Hall–Kier alpha value is -1.12. The number of hydrogen-bond donors (Lipinski definition) is 0. The number of Topliss-reactive ketones (excluding diaryl/α,β-unsaturated/α-hetero) is 1. The quantitative estimate of drug-likeness (QED) is 0.571. The van der Waals surface area contributed by atoms with Crippen LogP contribution < -0.4 is 0 Å². The highest BCUT2D eigenvalue weighted by Crippen LogP contribution is 2.41. The van der Waals surface area contributed by atoms with E-state index in [0.717, 1.165) is 25.7 Å². The highest BCUT2D eigenvalue weighted by molar-refractivity contribution is 5.90. The normalized spacial score (nSPS) is 35.9. The van der Waals surface area contributed by atoms with Gasteiger partial charge in [0, 0.05) is 17.9 Å². The lowest BCUT2D eigenvalue weighted by atomic mass is 9.85. The van der Waals surface area contributed by atoms with E-state index in [9.17, 15) is 9.59 Å². The summed E-state index contributed by atoms with van der Waals surface area (Å²) in [5.41, 5.74) is 0.652. The number of ketones is 1. The zero-order chi connectivity index (χ0) is 13.3. The molecule has 1 saturated carbocycles. The van der Waals surface area contributed by atoms with Crippen molar-refractivity contribution < 1.29 is 14.3 Å². The van der Waals surface area contributed by atoms with Gasteiger partial charge in [0.1, 0.15) is 11.9 Å². The molecule has 4 unspecified atom stereocenters.